The number of ether oxygens (including phenoxy) is 2. The normalized spacial score (nSPS) is 16.1. The van der Waals surface area contributed by atoms with Crippen LogP contribution in [0.15, 0.2) is 41.8 Å². The van der Waals surface area contributed by atoms with Crippen molar-refractivity contribution < 1.29 is 27.4 Å². The number of alkyl halides is 3. The van der Waals surface area contributed by atoms with Gasteiger partial charge < -0.3 is 19.7 Å². The van der Waals surface area contributed by atoms with Gasteiger partial charge in [0.2, 0.25) is 0 Å². The van der Waals surface area contributed by atoms with E-state index in [1.165, 1.54) is 23.1 Å². The molecule has 1 aromatic carbocycles. The first-order chi connectivity index (χ1) is 14.3. The molecular weight excluding hydrogens is 419 g/mol. The highest BCUT2D eigenvalue weighted by atomic mass is 32.1. The number of amides is 2. The maximum atomic E-state index is 12.7. The highest BCUT2D eigenvalue weighted by molar-refractivity contribution is 7.10. The number of carbonyl (C=O) groups excluding carboxylic acids is 1. The second-order valence-electron chi connectivity index (χ2n) is 6.92. The number of urea groups is 1. The molecule has 30 heavy (non-hydrogen) atoms. The lowest BCUT2D eigenvalue weighted by Gasteiger charge is -2.36. The quantitative estimate of drug-likeness (QED) is 0.696. The fourth-order valence-corrected chi connectivity index (χ4v) is 4.00. The van der Waals surface area contributed by atoms with Gasteiger partial charge in [-0.2, -0.15) is 13.2 Å². The summed E-state index contributed by atoms with van der Waals surface area (Å²) in [6, 6.07) is 9.66. The molecule has 0 aliphatic carbocycles. The van der Waals surface area contributed by atoms with Crippen molar-refractivity contribution >= 4 is 23.1 Å². The Labute approximate surface area is 177 Å². The van der Waals surface area contributed by atoms with Gasteiger partial charge in [0.25, 0.3) is 0 Å². The van der Waals surface area contributed by atoms with E-state index in [0.717, 1.165) is 13.1 Å². The van der Waals surface area contributed by atoms with Gasteiger partial charge in [-0.1, -0.05) is 12.1 Å². The van der Waals surface area contributed by atoms with Gasteiger partial charge in [0, 0.05) is 43.3 Å². The van der Waals surface area contributed by atoms with Crippen molar-refractivity contribution in [2.24, 2.45) is 0 Å². The van der Waals surface area contributed by atoms with Crippen molar-refractivity contribution in [2.45, 2.75) is 12.2 Å². The minimum Gasteiger partial charge on any atom is -0.484 e. The van der Waals surface area contributed by atoms with Crippen molar-refractivity contribution in [1.29, 1.82) is 0 Å². The van der Waals surface area contributed by atoms with Gasteiger partial charge in [-0.3, -0.25) is 4.90 Å². The summed E-state index contributed by atoms with van der Waals surface area (Å²) >= 11 is 1.64. The Bertz CT molecular complexity index is 811. The molecule has 1 N–H and O–H groups in total. The number of rotatable bonds is 7. The number of hydrogen-bond acceptors (Lipinski definition) is 5. The largest absolute Gasteiger partial charge is 0.484 e. The molecule has 0 radical (unpaired) electrons. The van der Waals surface area contributed by atoms with E-state index in [-0.39, 0.29) is 17.8 Å². The first-order valence-corrected chi connectivity index (χ1v) is 10.4. The standard InChI is InChI=1S/C20H24F3N3O3S/c1-25(13-17(18-6-3-11-30-18)26-7-9-28-10-8-26)19(27)24-15-4-2-5-16(12-15)29-14-20(21,22)23/h2-6,11-12,17H,7-10,13-14H2,1H3,(H,24,27)/t17-/m1/s1. The molecule has 1 aromatic heterocycles. The van der Waals surface area contributed by atoms with Crippen LogP contribution in [0.4, 0.5) is 23.7 Å². The number of anilines is 1. The molecule has 2 heterocycles. The second-order valence-corrected chi connectivity index (χ2v) is 7.90. The molecule has 0 spiro atoms. The van der Waals surface area contributed by atoms with Gasteiger partial charge in [-0.25, -0.2) is 4.79 Å². The maximum Gasteiger partial charge on any atom is 0.422 e. The Morgan fingerprint density at radius 2 is 2.07 bits per heavy atom. The van der Waals surface area contributed by atoms with E-state index >= 15 is 0 Å². The van der Waals surface area contributed by atoms with Gasteiger partial charge in [-0.05, 0) is 23.6 Å². The molecule has 2 amide bonds. The second kappa shape index (κ2) is 10.1. The van der Waals surface area contributed by atoms with E-state index in [1.807, 2.05) is 11.4 Å². The van der Waals surface area contributed by atoms with E-state index in [9.17, 15) is 18.0 Å². The average Bonchev–Trinajstić information content (AvgIpc) is 3.25. The zero-order valence-electron chi connectivity index (χ0n) is 16.5. The molecule has 0 unspecified atom stereocenters. The number of nitrogens with zero attached hydrogens (tertiary/aromatic N) is 2. The third-order valence-electron chi connectivity index (χ3n) is 4.64. The van der Waals surface area contributed by atoms with E-state index in [4.69, 9.17) is 9.47 Å². The molecule has 0 bridgehead atoms. The van der Waals surface area contributed by atoms with E-state index in [1.54, 1.807) is 29.4 Å². The van der Waals surface area contributed by atoms with Crippen LogP contribution in [0.1, 0.15) is 10.9 Å². The number of halogens is 3. The molecule has 1 saturated heterocycles. The molecule has 10 heteroatoms. The van der Waals surface area contributed by atoms with Crippen molar-refractivity contribution in [3.05, 3.63) is 46.7 Å². The number of likely N-dealkylation sites (N-methyl/N-ethyl adjacent to an activating group) is 1. The summed E-state index contributed by atoms with van der Waals surface area (Å²) in [5.41, 5.74) is 0.366. The van der Waals surface area contributed by atoms with E-state index in [2.05, 4.69) is 16.3 Å². The van der Waals surface area contributed by atoms with Gasteiger partial charge >= 0.3 is 12.2 Å². The molecule has 6 nitrogen and oxygen atoms in total. The third kappa shape index (κ3) is 6.61. The number of thiophene rings is 1. The highest BCUT2D eigenvalue weighted by Gasteiger charge is 2.29. The van der Waals surface area contributed by atoms with Crippen molar-refractivity contribution in [3.63, 3.8) is 0 Å². The van der Waals surface area contributed by atoms with E-state index < -0.39 is 12.8 Å². The summed E-state index contributed by atoms with van der Waals surface area (Å²) in [5, 5.41) is 4.73. The number of hydrogen-bond donors (Lipinski definition) is 1. The third-order valence-corrected chi connectivity index (χ3v) is 5.61. The zero-order chi connectivity index (χ0) is 21.6. The van der Waals surface area contributed by atoms with Crippen LogP contribution in [0.2, 0.25) is 0 Å². The van der Waals surface area contributed by atoms with E-state index in [0.29, 0.717) is 25.4 Å². The fraction of sp³-hybridized carbons (Fsp3) is 0.450. The number of carbonyl (C=O) groups is 1. The van der Waals surface area contributed by atoms with Crippen LogP contribution < -0.4 is 10.1 Å². The predicted molar refractivity (Wildman–Crippen MR) is 109 cm³/mol. The number of benzene rings is 1. The van der Waals surface area contributed by atoms with Gasteiger partial charge in [0.05, 0.1) is 19.3 Å². The van der Waals surface area contributed by atoms with Crippen LogP contribution in [0.25, 0.3) is 0 Å². The topological polar surface area (TPSA) is 54.0 Å². The number of morpholine rings is 1. The van der Waals surface area contributed by atoms with Crippen molar-refractivity contribution in [1.82, 2.24) is 9.80 Å². The van der Waals surface area contributed by atoms with Gasteiger partial charge in [0.1, 0.15) is 5.75 Å². The molecule has 1 aliphatic rings. The van der Waals surface area contributed by atoms with Crippen LogP contribution in [0.5, 0.6) is 5.75 Å². The minimum absolute atomic E-state index is 0.0394. The van der Waals surface area contributed by atoms with Crippen LogP contribution in [0.3, 0.4) is 0 Å². The summed E-state index contributed by atoms with van der Waals surface area (Å²) in [5.74, 6) is 0.0394. The zero-order valence-corrected chi connectivity index (χ0v) is 17.3. The molecular formula is C20H24F3N3O3S. The van der Waals surface area contributed by atoms with Crippen LogP contribution >= 0.6 is 11.3 Å². The summed E-state index contributed by atoms with van der Waals surface area (Å²) in [6.07, 6.45) is -4.42. The van der Waals surface area contributed by atoms with Gasteiger partial charge in [-0.15, -0.1) is 11.3 Å². The smallest absolute Gasteiger partial charge is 0.422 e. The summed E-state index contributed by atoms with van der Waals surface area (Å²) in [7, 11) is 1.69. The number of nitrogens with one attached hydrogen (secondary N) is 1. The highest BCUT2D eigenvalue weighted by Crippen LogP contribution is 2.27. The Kier molecular flexibility index (Phi) is 7.57. The monoisotopic (exact) mass is 443 g/mol. The SMILES string of the molecule is CN(C[C@H](c1cccs1)N1CCOCC1)C(=O)Nc1cccc(OCC(F)(F)F)c1. The van der Waals surface area contributed by atoms with Crippen LogP contribution in [-0.4, -0.2) is 68.5 Å². The molecule has 1 fully saturated rings. The molecule has 3 rings (SSSR count). The Morgan fingerprint density at radius 3 is 2.73 bits per heavy atom. The molecule has 1 atom stereocenters. The Balaban J connectivity index is 1.61. The van der Waals surface area contributed by atoms with Gasteiger partial charge in [0.15, 0.2) is 6.61 Å². The fourth-order valence-electron chi connectivity index (χ4n) is 3.15. The molecule has 2 aromatic rings. The summed E-state index contributed by atoms with van der Waals surface area (Å²) < 4.78 is 47.2. The first-order valence-electron chi connectivity index (χ1n) is 9.49. The first kappa shape index (κ1) is 22.4. The lowest BCUT2D eigenvalue weighted by Crippen LogP contribution is -2.44. The Hall–Kier alpha value is -2.30. The minimum atomic E-state index is -4.42. The average molecular weight is 443 g/mol. The molecule has 0 saturated carbocycles. The lowest BCUT2D eigenvalue weighted by atomic mass is 10.1. The predicted octanol–water partition coefficient (Wildman–Crippen LogP) is 4.23. The van der Waals surface area contributed by atoms with Crippen LogP contribution in [0, 0.1) is 0 Å². The molecule has 164 valence electrons. The van der Waals surface area contributed by atoms with Crippen molar-refractivity contribution in [2.75, 3.05) is 51.8 Å². The maximum absolute atomic E-state index is 12.7. The van der Waals surface area contributed by atoms with Crippen molar-refractivity contribution in [3.8, 4) is 5.75 Å². The molecule has 1 aliphatic heterocycles. The summed E-state index contributed by atoms with van der Waals surface area (Å²) in [4.78, 5) is 17.7. The lowest BCUT2D eigenvalue weighted by molar-refractivity contribution is -0.153. The van der Waals surface area contributed by atoms with Crippen LogP contribution in [-0.2, 0) is 4.74 Å². The summed E-state index contributed by atoms with van der Waals surface area (Å²) in [6.45, 7) is 1.97. The Morgan fingerprint density at radius 1 is 1.30 bits per heavy atom.